The molecule has 2 rings (SSSR count). The highest BCUT2D eigenvalue weighted by atomic mass is 32.1. The molecular formula is C25H39NO6S. The molecule has 0 radical (unpaired) electrons. The largest absolute Gasteiger partial charge is 0.478 e. The monoisotopic (exact) mass is 481 g/mol. The normalized spacial score (nSPS) is 16.1. The summed E-state index contributed by atoms with van der Waals surface area (Å²) in [6.45, 7) is 2.02. The molecule has 1 heterocycles. The van der Waals surface area contributed by atoms with E-state index in [2.05, 4.69) is 0 Å². The summed E-state index contributed by atoms with van der Waals surface area (Å²) in [6.07, 6.45) is 14.7. The quantitative estimate of drug-likeness (QED) is 0.180. The van der Waals surface area contributed by atoms with Crippen molar-refractivity contribution < 1.29 is 29.7 Å². The van der Waals surface area contributed by atoms with Gasteiger partial charge in [0.15, 0.2) is 5.78 Å². The van der Waals surface area contributed by atoms with E-state index in [9.17, 15) is 19.5 Å². The topological polar surface area (TPSA) is 138 Å². The number of ketones is 1. The summed E-state index contributed by atoms with van der Waals surface area (Å²) in [5.41, 5.74) is 5.65. The van der Waals surface area contributed by atoms with E-state index >= 15 is 0 Å². The molecule has 1 aliphatic carbocycles. The Morgan fingerprint density at radius 2 is 1.73 bits per heavy atom. The second-order valence-corrected chi connectivity index (χ2v) is 9.99. The lowest BCUT2D eigenvalue weighted by molar-refractivity contribution is -0.134. The first-order chi connectivity index (χ1) is 15.7. The summed E-state index contributed by atoms with van der Waals surface area (Å²) >= 11 is 1.60. The summed E-state index contributed by atoms with van der Waals surface area (Å²) < 4.78 is 0. The van der Waals surface area contributed by atoms with Crippen LogP contribution in [0.5, 0.6) is 0 Å². The molecule has 8 heteroatoms. The van der Waals surface area contributed by atoms with Crippen molar-refractivity contribution in [3.05, 3.63) is 34.0 Å². The van der Waals surface area contributed by atoms with Crippen LogP contribution in [-0.2, 0) is 16.0 Å². The van der Waals surface area contributed by atoms with Crippen molar-refractivity contribution in [2.75, 3.05) is 6.61 Å². The molecule has 1 aliphatic rings. The Labute approximate surface area is 200 Å². The van der Waals surface area contributed by atoms with E-state index in [1.807, 2.05) is 19.1 Å². The number of thiophene rings is 1. The highest BCUT2D eigenvalue weighted by molar-refractivity contribution is 7.14. The fourth-order valence-corrected chi connectivity index (χ4v) is 4.84. The number of carbonyl (C=O) groups is 3. The second-order valence-electron chi connectivity index (χ2n) is 8.82. The van der Waals surface area contributed by atoms with Gasteiger partial charge in [-0.1, -0.05) is 51.9 Å². The van der Waals surface area contributed by atoms with Crippen LogP contribution in [0.25, 0.3) is 0 Å². The minimum Gasteiger partial charge on any atom is -0.478 e. The number of Topliss-reactive ketones (excluding diaryl/α,β-unsaturated/α-hetero) is 1. The molecule has 1 atom stereocenters. The van der Waals surface area contributed by atoms with Crippen molar-refractivity contribution in [2.45, 2.75) is 89.5 Å². The van der Waals surface area contributed by atoms with E-state index < -0.39 is 17.5 Å². The van der Waals surface area contributed by atoms with Crippen molar-refractivity contribution in [1.82, 2.24) is 0 Å². The fourth-order valence-electron chi connectivity index (χ4n) is 3.86. The smallest absolute Gasteiger partial charge is 0.328 e. The molecule has 0 aliphatic heterocycles. The minimum absolute atomic E-state index is 0.0155. The van der Waals surface area contributed by atoms with Gasteiger partial charge in [0.2, 0.25) is 0 Å². The van der Waals surface area contributed by atoms with E-state index in [0.29, 0.717) is 18.6 Å². The Morgan fingerprint density at radius 1 is 1.09 bits per heavy atom. The molecule has 7 nitrogen and oxygen atoms in total. The van der Waals surface area contributed by atoms with Crippen LogP contribution in [0.2, 0.25) is 0 Å². The maximum absolute atomic E-state index is 12.4. The molecule has 1 aromatic rings. The molecule has 0 bridgehead atoms. The van der Waals surface area contributed by atoms with Gasteiger partial charge in [-0.25, -0.2) is 9.59 Å². The second kappa shape index (κ2) is 15.7. The Hall–Kier alpha value is -2.03. The highest BCUT2D eigenvalue weighted by Gasteiger charge is 2.21. The average molecular weight is 482 g/mol. The molecular weight excluding hydrogens is 442 g/mol. The molecule has 5 N–H and O–H groups in total. The van der Waals surface area contributed by atoms with Crippen molar-refractivity contribution >= 4 is 29.1 Å². The van der Waals surface area contributed by atoms with Gasteiger partial charge in [-0.05, 0) is 43.7 Å². The van der Waals surface area contributed by atoms with Crippen molar-refractivity contribution in [1.29, 1.82) is 0 Å². The van der Waals surface area contributed by atoms with E-state index in [4.69, 9.17) is 15.9 Å². The van der Waals surface area contributed by atoms with Crippen molar-refractivity contribution in [2.24, 2.45) is 11.7 Å². The maximum atomic E-state index is 12.4. The number of aliphatic carboxylic acids is 2. The number of hydrogen-bond donors (Lipinski definition) is 4. The predicted octanol–water partition coefficient (Wildman–Crippen LogP) is 4.82. The summed E-state index contributed by atoms with van der Waals surface area (Å²) in [4.78, 5) is 33.6. The van der Waals surface area contributed by atoms with Gasteiger partial charge in [0.1, 0.15) is 0 Å². The van der Waals surface area contributed by atoms with Crippen LogP contribution in [0.4, 0.5) is 0 Å². The van der Waals surface area contributed by atoms with Gasteiger partial charge in [-0.15, -0.1) is 11.3 Å². The van der Waals surface area contributed by atoms with Gasteiger partial charge in [-0.3, -0.25) is 4.79 Å². The van der Waals surface area contributed by atoms with Crippen LogP contribution in [0, 0.1) is 5.92 Å². The zero-order chi connectivity index (χ0) is 24.7. The van der Waals surface area contributed by atoms with Crippen LogP contribution >= 0.6 is 11.3 Å². The molecule has 186 valence electrons. The standard InChI is InChI=1S/C21H35NO2S.C4H4O4/c1-2-21(22,16-23)15-14-18-12-13-20(25-18)19(24)11-7-6-10-17-8-4-3-5-9-17;5-3(6)1-2-4(7)8/h12-13,17,23H,2-11,14-16,22H2,1H3;1-2H,(H,5,6)(H,7,8)/b;2-1-. The SMILES string of the molecule is CCC(N)(CO)CCc1ccc(C(=O)CCCCC2CCCCC2)s1.O=C(O)/C=C\C(=O)O. The number of carbonyl (C=O) groups excluding carboxylic acids is 1. The highest BCUT2D eigenvalue weighted by Crippen LogP contribution is 2.28. The number of unbranched alkanes of at least 4 members (excludes halogenated alkanes) is 1. The number of rotatable bonds is 13. The first kappa shape index (κ1) is 29.0. The average Bonchev–Trinajstić information content (AvgIpc) is 3.29. The number of nitrogens with two attached hydrogens (primary N) is 1. The molecule has 33 heavy (non-hydrogen) atoms. The van der Waals surface area contributed by atoms with Gasteiger partial charge in [0.05, 0.1) is 11.5 Å². The van der Waals surface area contributed by atoms with Crippen LogP contribution < -0.4 is 5.73 Å². The number of aliphatic hydroxyl groups excluding tert-OH is 1. The molecule has 1 fully saturated rings. The molecule has 0 spiro atoms. The summed E-state index contributed by atoms with van der Waals surface area (Å²) in [6, 6.07) is 4.01. The minimum atomic E-state index is -1.26. The van der Waals surface area contributed by atoms with E-state index in [1.165, 1.54) is 49.8 Å². The molecule has 0 saturated heterocycles. The number of carboxylic acids is 2. The molecule has 0 amide bonds. The molecule has 1 unspecified atom stereocenters. The van der Waals surface area contributed by atoms with E-state index in [0.717, 1.165) is 36.5 Å². The van der Waals surface area contributed by atoms with E-state index in [-0.39, 0.29) is 12.4 Å². The number of carboxylic acid groups (broad SMARTS) is 2. The third kappa shape index (κ3) is 12.7. The molecule has 1 aromatic heterocycles. The van der Waals surface area contributed by atoms with Crippen molar-refractivity contribution in [3.63, 3.8) is 0 Å². The Kier molecular flexibility index (Phi) is 13.8. The van der Waals surface area contributed by atoms with Crippen LogP contribution in [-0.4, -0.2) is 45.2 Å². The van der Waals surface area contributed by atoms with Crippen LogP contribution in [0.1, 0.15) is 92.1 Å². The Morgan fingerprint density at radius 3 is 2.27 bits per heavy atom. The van der Waals surface area contributed by atoms with Gasteiger partial charge in [0, 0.05) is 29.0 Å². The third-order valence-electron chi connectivity index (χ3n) is 6.18. The lowest BCUT2D eigenvalue weighted by atomic mass is 9.85. The lowest BCUT2D eigenvalue weighted by Crippen LogP contribution is -2.43. The van der Waals surface area contributed by atoms with Gasteiger partial charge < -0.3 is 21.1 Å². The third-order valence-corrected chi connectivity index (χ3v) is 7.37. The number of aryl methyl sites for hydroxylation is 1. The predicted molar refractivity (Wildman–Crippen MR) is 131 cm³/mol. The maximum Gasteiger partial charge on any atom is 0.328 e. The van der Waals surface area contributed by atoms with Gasteiger partial charge in [-0.2, -0.15) is 0 Å². The summed E-state index contributed by atoms with van der Waals surface area (Å²) in [5, 5.41) is 25.0. The zero-order valence-electron chi connectivity index (χ0n) is 19.6. The van der Waals surface area contributed by atoms with Crippen molar-refractivity contribution in [3.8, 4) is 0 Å². The van der Waals surface area contributed by atoms with E-state index in [1.54, 1.807) is 11.3 Å². The Balaban J connectivity index is 0.000000582. The van der Waals surface area contributed by atoms with Crippen LogP contribution in [0.3, 0.4) is 0 Å². The van der Waals surface area contributed by atoms with Gasteiger partial charge >= 0.3 is 11.9 Å². The Bertz CT molecular complexity index is 747. The summed E-state index contributed by atoms with van der Waals surface area (Å²) in [7, 11) is 0. The molecule has 1 saturated carbocycles. The van der Waals surface area contributed by atoms with Crippen LogP contribution in [0.15, 0.2) is 24.3 Å². The number of hydrogen-bond acceptors (Lipinski definition) is 6. The first-order valence-corrected chi connectivity index (χ1v) is 12.7. The molecule has 0 aromatic carbocycles. The fraction of sp³-hybridized carbons (Fsp3) is 0.640. The summed E-state index contributed by atoms with van der Waals surface area (Å²) in [5.74, 6) is -1.31. The number of aliphatic hydroxyl groups is 1. The van der Waals surface area contributed by atoms with Gasteiger partial charge in [0.25, 0.3) is 0 Å². The first-order valence-electron chi connectivity index (χ1n) is 11.8. The lowest BCUT2D eigenvalue weighted by Gasteiger charge is -2.25. The zero-order valence-corrected chi connectivity index (χ0v) is 20.4.